The van der Waals surface area contributed by atoms with Crippen LogP contribution in [0.4, 0.5) is 0 Å². The maximum Gasteiger partial charge on any atom is 0.0392 e. The topological polar surface area (TPSA) is 12.0 Å². The average molecular weight is 207 g/mol. The van der Waals surface area contributed by atoms with Crippen molar-refractivity contribution >= 4 is 0 Å². The van der Waals surface area contributed by atoms with Gasteiger partial charge in [0.25, 0.3) is 0 Å². The highest BCUT2D eigenvalue weighted by Gasteiger charge is 2.43. The lowest BCUT2D eigenvalue weighted by Crippen LogP contribution is -2.53. The smallest absolute Gasteiger partial charge is 0.0392 e. The third kappa shape index (κ3) is 1.99. The van der Waals surface area contributed by atoms with Gasteiger partial charge in [-0.25, -0.2) is 0 Å². The van der Waals surface area contributed by atoms with Crippen LogP contribution in [0.3, 0.4) is 0 Å². The van der Waals surface area contributed by atoms with E-state index in [2.05, 4.69) is 31.4 Å². The number of nitrogens with one attached hydrogen (secondary N) is 1. The number of allylic oxidation sites excluding steroid dienone is 1. The van der Waals surface area contributed by atoms with Crippen LogP contribution in [0.2, 0.25) is 0 Å². The molecule has 2 rings (SSSR count). The van der Waals surface area contributed by atoms with Gasteiger partial charge in [-0.3, -0.25) is 0 Å². The second-order valence-electron chi connectivity index (χ2n) is 5.33. The first-order chi connectivity index (χ1) is 7.32. The summed E-state index contributed by atoms with van der Waals surface area (Å²) in [5.74, 6) is 1.90. The van der Waals surface area contributed by atoms with E-state index in [0.717, 1.165) is 11.8 Å². The number of hydrogen-bond acceptors (Lipinski definition) is 1. The Morgan fingerprint density at radius 3 is 2.60 bits per heavy atom. The molecule has 2 fully saturated rings. The van der Waals surface area contributed by atoms with Crippen molar-refractivity contribution in [2.75, 3.05) is 7.05 Å². The molecular formula is C14H25N. The molecule has 2 aliphatic rings. The minimum absolute atomic E-state index is 0.331. The molecule has 0 aliphatic heterocycles. The lowest BCUT2D eigenvalue weighted by Gasteiger charge is -2.49. The molecule has 0 saturated heterocycles. The molecule has 0 aromatic carbocycles. The van der Waals surface area contributed by atoms with Gasteiger partial charge >= 0.3 is 0 Å². The lowest BCUT2D eigenvalue weighted by molar-refractivity contribution is 0.0859. The van der Waals surface area contributed by atoms with Crippen molar-refractivity contribution in [3.05, 3.63) is 12.2 Å². The van der Waals surface area contributed by atoms with E-state index in [1.54, 1.807) is 0 Å². The summed E-state index contributed by atoms with van der Waals surface area (Å²) in [6.07, 6.45) is 14.7. The Kier molecular flexibility index (Phi) is 3.50. The van der Waals surface area contributed by atoms with Crippen molar-refractivity contribution in [1.29, 1.82) is 0 Å². The number of likely N-dealkylation sites (N-methyl/N-ethyl adjacent to an activating group) is 1. The van der Waals surface area contributed by atoms with Gasteiger partial charge in [-0.15, -0.1) is 0 Å². The van der Waals surface area contributed by atoms with Crippen LogP contribution in [0.15, 0.2) is 12.2 Å². The summed E-state index contributed by atoms with van der Waals surface area (Å²) >= 11 is 0. The van der Waals surface area contributed by atoms with Gasteiger partial charge in [0.15, 0.2) is 0 Å². The van der Waals surface area contributed by atoms with E-state index in [4.69, 9.17) is 0 Å². The first-order valence-electron chi connectivity index (χ1n) is 6.65. The molecule has 1 heteroatoms. The predicted octanol–water partition coefficient (Wildman–Crippen LogP) is 3.51. The largest absolute Gasteiger partial charge is 0.311 e. The van der Waals surface area contributed by atoms with E-state index in [-0.39, 0.29) is 0 Å². The zero-order chi connectivity index (χ0) is 10.7. The molecule has 2 saturated carbocycles. The maximum atomic E-state index is 3.63. The van der Waals surface area contributed by atoms with Gasteiger partial charge in [0.05, 0.1) is 0 Å². The first kappa shape index (κ1) is 11.2. The molecule has 15 heavy (non-hydrogen) atoms. The van der Waals surface area contributed by atoms with Crippen molar-refractivity contribution in [3.63, 3.8) is 0 Å². The van der Waals surface area contributed by atoms with Crippen LogP contribution in [0, 0.1) is 11.8 Å². The molecule has 0 unspecified atom stereocenters. The van der Waals surface area contributed by atoms with Gasteiger partial charge in [0.1, 0.15) is 0 Å². The Balaban J connectivity index is 2.20. The summed E-state index contributed by atoms with van der Waals surface area (Å²) in [4.78, 5) is 0. The molecule has 0 heterocycles. The van der Waals surface area contributed by atoms with Crippen LogP contribution >= 0.6 is 0 Å². The summed E-state index contributed by atoms with van der Waals surface area (Å²) in [5, 5.41) is 3.63. The molecule has 3 atom stereocenters. The van der Waals surface area contributed by atoms with Crippen LogP contribution in [0.25, 0.3) is 0 Å². The van der Waals surface area contributed by atoms with Crippen molar-refractivity contribution in [2.24, 2.45) is 11.8 Å². The molecule has 0 amide bonds. The van der Waals surface area contributed by atoms with Crippen LogP contribution in [0.5, 0.6) is 0 Å². The third-order valence-electron chi connectivity index (χ3n) is 4.67. The summed E-state index contributed by atoms with van der Waals surface area (Å²) < 4.78 is 0. The fraction of sp³-hybridized carbons (Fsp3) is 0.857. The Bertz CT molecular complexity index is 231. The molecule has 0 radical (unpaired) electrons. The van der Waals surface area contributed by atoms with Crippen LogP contribution < -0.4 is 5.32 Å². The minimum Gasteiger partial charge on any atom is -0.311 e. The summed E-state index contributed by atoms with van der Waals surface area (Å²) in [6, 6.07) is 0. The molecular weight excluding hydrogens is 182 g/mol. The zero-order valence-electron chi connectivity index (χ0n) is 10.3. The molecule has 0 aromatic rings. The van der Waals surface area contributed by atoms with E-state index < -0.39 is 0 Å². The molecule has 1 nitrogen and oxygen atoms in total. The van der Waals surface area contributed by atoms with E-state index in [1.807, 2.05) is 0 Å². The fourth-order valence-corrected chi connectivity index (χ4v) is 3.97. The van der Waals surface area contributed by atoms with Gasteiger partial charge in [0.2, 0.25) is 0 Å². The number of rotatable bonds is 2. The SMILES string of the molecule is CC=C[C@@]1(NC)CCC[C@@H]2CCCC[C@H]21. The Morgan fingerprint density at radius 2 is 1.87 bits per heavy atom. The standard InChI is InChI=1S/C14H25N/c1-3-10-14(15-2)11-6-8-12-7-4-5-9-13(12)14/h3,10,12-13,15H,4-9,11H2,1-2H3/t12-,13+,14+/m0/s1. The quantitative estimate of drug-likeness (QED) is 0.683. The second kappa shape index (κ2) is 4.69. The maximum absolute atomic E-state index is 3.63. The van der Waals surface area contributed by atoms with E-state index in [1.165, 1.54) is 44.9 Å². The first-order valence-corrected chi connectivity index (χ1v) is 6.65. The van der Waals surface area contributed by atoms with Gasteiger partial charge in [-0.1, -0.05) is 44.3 Å². The van der Waals surface area contributed by atoms with Gasteiger partial charge in [-0.2, -0.15) is 0 Å². The summed E-state index contributed by atoms with van der Waals surface area (Å²) in [6.45, 7) is 2.16. The Labute approximate surface area is 94.3 Å². The van der Waals surface area contributed by atoms with Crippen molar-refractivity contribution in [3.8, 4) is 0 Å². The third-order valence-corrected chi connectivity index (χ3v) is 4.67. The van der Waals surface area contributed by atoms with E-state index >= 15 is 0 Å². The molecule has 86 valence electrons. The van der Waals surface area contributed by atoms with E-state index in [9.17, 15) is 0 Å². The fourth-order valence-electron chi connectivity index (χ4n) is 3.97. The van der Waals surface area contributed by atoms with Crippen molar-refractivity contribution < 1.29 is 0 Å². The van der Waals surface area contributed by atoms with Crippen molar-refractivity contribution in [1.82, 2.24) is 5.32 Å². The van der Waals surface area contributed by atoms with Gasteiger partial charge in [-0.05, 0) is 38.6 Å². The predicted molar refractivity (Wildman–Crippen MR) is 65.9 cm³/mol. The molecule has 0 bridgehead atoms. The highest BCUT2D eigenvalue weighted by atomic mass is 15.0. The van der Waals surface area contributed by atoms with Gasteiger partial charge < -0.3 is 5.32 Å². The molecule has 0 spiro atoms. The highest BCUT2D eigenvalue weighted by molar-refractivity contribution is 5.12. The summed E-state index contributed by atoms with van der Waals surface area (Å²) in [7, 11) is 2.15. The normalized spacial score (nSPS) is 41.7. The minimum atomic E-state index is 0.331. The zero-order valence-corrected chi connectivity index (χ0v) is 10.3. The van der Waals surface area contributed by atoms with Crippen LogP contribution in [-0.4, -0.2) is 12.6 Å². The van der Waals surface area contributed by atoms with Crippen LogP contribution in [-0.2, 0) is 0 Å². The second-order valence-corrected chi connectivity index (χ2v) is 5.33. The van der Waals surface area contributed by atoms with Crippen LogP contribution in [0.1, 0.15) is 51.9 Å². The Morgan fingerprint density at radius 1 is 1.13 bits per heavy atom. The number of fused-ring (bicyclic) bond motifs is 1. The van der Waals surface area contributed by atoms with E-state index in [0.29, 0.717) is 5.54 Å². The molecule has 0 aromatic heterocycles. The average Bonchev–Trinajstić information content (AvgIpc) is 2.30. The highest BCUT2D eigenvalue weighted by Crippen LogP contribution is 2.46. The number of hydrogen-bond donors (Lipinski definition) is 1. The van der Waals surface area contributed by atoms with Crippen molar-refractivity contribution in [2.45, 2.75) is 57.4 Å². The lowest BCUT2D eigenvalue weighted by atomic mass is 9.61. The molecule has 2 aliphatic carbocycles. The molecule has 1 N–H and O–H groups in total. The summed E-state index contributed by atoms with van der Waals surface area (Å²) in [5.41, 5.74) is 0.331. The Hall–Kier alpha value is -0.300. The monoisotopic (exact) mass is 207 g/mol. The van der Waals surface area contributed by atoms with Gasteiger partial charge in [0, 0.05) is 5.54 Å².